The second-order valence-corrected chi connectivity index (χ2v) is 7.66. The van der Waals surface area contributed by atoms with Crippen LogP contribution in [-0.2, 0) is 0 Å². The van der Waals surface area contributed by atoms with Crippen molar-refractivity contribution in [3.63, 3.8) is 0 Å². The molecule has 1 atom stereocenters. The molecule has 0 saturated carbocycles. The summed E-state index contributed by atoms with van der Waals surface area (Å²) in [6.07, 6.45) is -1.92. The van der Waals surface area contributed by atoms with Gasteiger partial charge in [-0.2, -0.15) is 4.98 Å². The molecule has 2 N–H and O–H groups in total. The van der Waals surface area contributed by atoms with E-state index in [0.29, 0.717) is 23.0 Å². The van der Waals surface area contributed by atoms with Crippen LogP contribution in [-0.4, -0.2) is 28.6 Å². The Hall–Kier alpha value is -2.94. The predicted molar refractivity (Wildman–Crippen MR) is 119 cm³/mol. The Kier molecular flexibility index (Phi) is 7.27. The highest BCUT2D eigenvalue weighted by molar-refractivity contribution is 7.98. The smallest absolute Gasteiger partial charge is 0.406 e. The lowest BCUT2D eigenvalue weighted by Crippen LogP contribution is -2.17. The molecule has 31 heavy (non-hydrogen) atoms. The van der Waals surface area contributed by atoms with Crippen molar-refractivity contribution in [3.8, 4) is 17.0 Å². The number of ether oxygens (including phenoxy) is 1. The summed E-state index contributed by atoms with van der Waals surface area (Å²) in [6, 6.07) is 15.4. The first kappa shape index (κ1) is 22.7. The van der Waals surface area contributed by atoms with Gasteiger partial charge in [0, 0.05) is 22.6 Å². The summed E-state index contributed by atoms with van der Waals surface area (Å²) in [5.41, 5.74) is 1.83. The number of rotatable bonds is 8. The third-order valence-corrected chi connectivity index (χ3v) is 5.24. The van der Waals surface area contributed by atoms with Gasteiger partial charge in [0.1, 0.15) is 11.6 Å². The number of nitrogens with one attached hydrogen (secondary N) is 2. The maximum atomic E-state index is 12.6. The van der Waals surface area contributed by atoms with Crippen molar-refractivity contribution in [3.05, 3.63) is 54.6 Å². The molecule has 0 saturated heterocycles. The van der Waals surface area contributed by atoms with Crippen LogP contribution in [0.2, 0.25) is 0 Å². The van der Waals surface area contributed by atoms with Crippen LogP contribution in [0.4, 0.5) is 30.6 Å². The Morgan fingerprint density at radius 3 is 2.55 bits per heavy atom. The lowest BCUT2D eigenvalue weighted by Gasteiger charge is -2.16. The molecule has 164 valence electrons. The minimum absolute atomic E-state index is 0.126. The number of benzene rings is 2. The van der Waals surface area contributed by atoms with Gasteiger partial charge in [-0.25, -0.2) is 4.98 Å². The standard InChI is InChI=1S/C22H23F3N4OS/c1-4-14(2)26-21-28-18(15-8-7-9-16(12-15)30-22(23,24)25)13-20(29-21)27-17-10-5-6-11-19(17)31-3/h5-14H,4H2,1-3H3,(H2,26,27,28,29)/t14-/m0/s1. The quantitative estimate of drug-likeness (QED) is 0.373. The largest absolute Gasteiger partial charge is 0.573 e. The second kappa shape index (κ2) is 9.91. The average molecular weight is 449 g/mol. The number of hydrogen-bond acceptors (Lipinski definition) is 6. The minimum atomic E-state index is -4.76. The van der Waals surface area contributed by atoms with Crippen molar-refractivity contribution < 1.29 is 17.9 Å². The number of nitrogens with zero attached hydrogens (tertiary/aromatic N) is 2. The molecular weight excluding hydrogens is 425 g/mol. The summed E-state index contributed by atoms with van der Waals surface area (Å²) >= 11 is 1.60. The van der Waals surface area contributed by atoms with E-state index in [1.54, 1.807) is 23.9 Å². The van der Waals surface area contributed by atoms with Crippen molar-refractivity contribution >= 4 is 29.2 Å². The van der Waals surface area contributed by atoms with Gasteiger partial charge in [-0.1, -0.05) is 31.2 Å². The number of aromatic nitrogens is 2. The van der Waals surface area contributed by atoms with E-state index in [0.717, 1.165) is 17.0 Å². The summed E-state index contributed by atoms with van der Waals surface area (Å²) in [7, 11) is 0. The fourth-order valence-electron chi connectivity index (χ4n) is 2.78. The lowest BCUT2D eigenvalue weighted by molar-refractivity contribution is -0.274. The predicted octanol–water partition coefficient (Wildman–Crippen LogP) is 6.72. The molecule has 1 aromatic heterocycles. The van der Waals surface area contributed by atoms with Crippen LogP contribution in [0, 0.1) is 0 Å². The van der Waals surface area contributed by atoms with Crippen LogP contribution >= 0.6 is 11.8 Å². The van der Waals surface area contributed by atoms with Crippen LogP contribution in [0.25, 0.3) is 11.3 Å². The number of alkyl halides is 3. The molecule has 2 aromatic carbocycles. The van der Waals surface area contributed by atoms with E-state index >= 15 is 0 Å². The van der Waals surface area contributed by atoms with Crippen molar-refractivity contribution in [1.82, 2.24) is 9.97 Å². The molecule has 0 aliphatic rings. The van der Waals surface area contributed by atoms with Crippen LogP contribution in [0.1, 0.15) is 20.3 Å². The summed E-state index contributed by atoms with van der Waals surface area (Å²) in [4.78, 5) is 10.1. The molecule has 3 rings (SSSR count). The van der Waals surface area contributed by atoms with Gasteiger partial charge in [-0.3, -0.25) is 0 Å². The summed E-state index contributed by atoms with van der Waals surface area (Å²) in [5.74, 6) is 0.611. The second-order valence-electron chi connectivity index (χ2n) is 6.82. The molecule has 0 unspecified atom stereocenters. The highest BCUT2D eigenvalue weighted by atomic mass is 32.2. The highest BCUT2D eigenvalue weighted by Gasteiger charge is 2.31. The molecule has 0 aliphatic heterocycles. The summed E-state index contributed by atoms with van der Waals surface area (Å²) in [6.45, 7) is 4.04. The van der Waals surface area contributed by atoms with Gasteiger partial charge >= 0.3 is 6.36 Å². The number of hydrogen-bond donors (Lipinski definition) is 2. The fraction of sp³-hybridized carbons (Fsp3) is 0.273. The minimum Gasteiger partial charge on any atom is -0.406 e. The zero-order valence-electron chi connectivity index (χ0n) is 17.3. The Labute approximate surface area is 183 Å². The first-order chi connectivity index (χ1) is 14.8. The van der Waals surface area contributed by atoms with Gasteiger partial charge in [-0.05, 0) is 43.9 Å². The van der Waals surface area contributed by atoms with Crippen molar-refractivity contribution in [2.45, 2.75) is 37.6 Å². The molecule has 1 heterocycles. The molecular formula is C22H23F3N4OS. The Balaban J connectivity index is 2.00. The van der Waals surface area contributed by atoms with Crippen molar-refractivity contribution in [2.75, 3.05) is 16.9 Å². The van der Waals surface area contributed by atoms with E-state index in [4.69, 9.17) is 0 Å². The third kappa shape index (κ3) is 6.52. The fourth-order valence-corrected chi connectivity index (χ4v) is 3.34. The maximum Gasteiger partial charge on any atom is 0.573 e. The van der Waals surface area contributed by atoms with Gasteiger partial charge in [0.05, 0.1) is 11.4 Å². The molecule has 0 fully saturated rings. The van der Waals surface area contributed by atoms with E-state index in [9.17, 15) is 13.2 Å². The van der Waals surface area contributed by atoms with Crippen LogP contribution in [0.3, 0.4) is 0 Å². The molecule has 0 aliphatic carbocycles. The zero-order chi connectivity index (χ0) is 22.4. The van der Waals surface area contributed by atoms with E-state index in [1.165, 1.54) is 18.2 Å². The first-order valence-corrected chi connectivity index (χ1v) is 10.9. The third-order valence-electron chi connectivity index (χ3n) is 4.45. The van der Waals surface area contributed by atoms with Gasteiger partial charge < -0.3 is 15.4 Å². The zero-order valence-corrected chi connectivity index (χ0v) is 18.1. The van der Waals surface area contributed by atoms with Gasteiger partial charge in [0.15, 0.2) is 0 Å². The summed E-state index contributed by atoms with van der Waals surface area (Å²) in [5, 5.41) is 6.53. The highest BCUT2D eigenvalue weighted by Crippen LogP contribution is 2.31. The SMILES string of the molecule is CC[C@H](C)Nc1nc(Nc2ccccc2SC)cc(-c2cccc(OC(F)(F)F)c2)n1. The number of thioether (sulfide) groups is 1. The molecule has 0 amide bonds. The van der Waals surface area contributed by atoms with Gasteiger partial charge in [0.2, 0.25) is 5.95 Å². The number of para-hydroxylation sites is 1. The van der Waals surface area contributed by atoms with Crippen molar-refractivity contribution in [1.29, 1.82) is 0 Å². The van der Waals surface area contributed by atoms with Gasteiger partial charge in [-0.15, -0.1) is 24.9 Å². The van der Waals surface area contributed by atoms with Crippen LogP contribution in [0.15, 0.2) is 59.5 Å². The van der Waals surface area contributed by atoms with E-state index in [2.05, 4.69) is 25.3 Å². The molecule has 0 spiro atoms. The first-order valence-electron chi connectivity index (χ1n) is 9.69. The van der Waals surface area contributed by atoms with E-state index < -0.39 is 6.36 Å². The molecule has 3 aromatic rings. The van der Waals surface area contributed by atoms with Crippen LogP contribution < -0.4 is 15.4 Å². The molecule has 5 nitrogen and oxygen atoms in total. The van der Waals surface area contributed by atoms with Gasteiger partial charge in [0.25, 0.3) is 0 Å². The molecule has 0 radical (unpaired) electrons. The maximum absolute atomic E-state index is 12.6. The number of halogens is 3. The Morgan fingerprint density at radius 1 is 1.06 bits per heavy atom. The lowest BCUT2D eigenvalue weighted by atomic mass is 10.1. The van der Waals surface area contributed by atoms with Crippen molar-refractivity contribution in [2.24, 2.45) is 0 Å². The molecule has 0 bridgehead atoms. The number of anilines is 3. The van der Waals surface area contributed by atoms with E-state index in [1.807, 2.05) is 44.4 Å². The van der Waals surface area contributed by atoms with Crippen LogP contribution in [0.5, 0.6) is 5.75 Å². The molecule has 9 heteroatoms. The normalized spacial score (nSPS) is 12.3. The Morgan fingerprint density at radius 2 is 1.84 bits per heavy atom. The average Bonchev–Trinajstić information content (AvgIpc) is 2.73. The summed E-state index contributed by atoms with van der Waals surface area (Å²) < 4.78 is 41.9. The monoisotopic (exact) mass is 448 g/mol. The topological polar surface area (TPSA) is 59.1 Å². The Bertz CT molecular complexity index is 1030. The van der Waals surface area contributed by atoms with E-state index in [-0.39, 0.29) is 11.8 Å².